The van der Waals surface area contributed by atoms with Crippen molar-refractivity contribution in [1.82, 2.24) is 0 Å². The predicted octanol–water partition coefficient (Wildman–Crippen LogP) is 5.31. The zero-order chi connectivity index (χ0) is 22.8. The van der Waals surface area contributed by atoms with Crippen LogP contribution in [0.3, 0.4) is 0 Å². The van der Waals surface area contributed by atoms with Gasteiger partial charge in [0.15, 0.2) is 5.76 Å². The van der Waals surface area contributed by atoms with E-state index in [4.69, 9.17) is 18.6 Å². The number of esters is 1. The molecule has 32 heavy (non-hydrogen) atoms. The van der Waals surface area contributed by atoms with Gasteiger partial charge in [-0.2, -0.15) is 0 Å². The normalized spacial score (nSPS) is 10.8. The first-order chi connectivity index (χ1) is 15.4. The molecule has 0 aliphatic carbocycles. The van der Waals surface area contributed by atoms with E-state index in [2.05, 4.69) is 0 Å². The summed E-state index contributed by atoms with van der Waals surface area (Å²) in [7, 11) is 3.11. The quantitative estimate of drug-likeness (QED) is 0.399. The summed E-state index contributed by atoms with van der Waals surface area (Å²) in [6.07, 6.45) is 0. The second-order valence-electron chi connectivity index (χ2n) is 7.39. The van der Waals surface area contributed by atoms with Gasteiger partial charge in [0.05, 0.1) is 25.2 Å². The fourth-order valence-electron chi connectivity index (χ4n) is 3.54. The fraction of sp³-hybridized carbons (Fsp3) is 0.154. The lowest BCUT2D eigenvalue weighted by atomic mass is 10.1. The van der Waals surface area contributed by atoms with Gasteiger partial charge < -0.3 is 18.6 Å². The lowest BCUT2D eigenvalue weighted by molar-refractivity contribution is 0.0731. The number of carbonyl (C=O) groups is 1. The molecular weight excluding hydrogens is 408 g/mol. The van der Waals surface area contributed by atoms with Crippen LogP contribution in [0.15, 0.2) is 69.9 Å². The van der Waals surface area contributed by atoms with Crippen LogP contribution in [-0.2, 0) is 0 Å². The van der Waals surface area contributed by atoms with Gasteiger partial charge in [0.2, 0.25) is 11.2 Å². The highest BCUT2D eigenvalue weighted by molar-refractivity contribution is 5.93. The summed E-state index contributed by atoms with van der Waals surface area (Å²) in [6, 6.07) is 17.1. The average Bonchev–Trinajstić information content (AvgIpc) is 2.81. The van der Waals surface area contributed by atoms with Gasteiger partial charge in [-0.1, -0.05) is 6.07 Å². The van der Waals surface area contributed by atoms with Gasteiger partial charge in [-0.25, -0.2) is 4.79 Å². The second-order valence-corrected chi connectivity index (χ2v) is 7.39. The third-order valence-electron chi connectivity index (χ3n) is 5.15. The van der Waals surface area contributed by atoms with Crippen LogP contribution in [0.2, 0.25) is 0 Å². The molecule has 0 unspecified atom stereocenters. The molecule has 0 bridgehead atoms. The summed E-state index contributed by atoms with van der Waals surface area (Å²) in [5, 5.41) is 0.359. The molecule has 3 aromatic carbocycles. The highest BCUT2D eigenvalue weighted by atomic mass is 16.5. The van der Waals surface area contributed by atoms with Crippen molar-refractivity contribution in [3.63, 3.8) is 0 Å². The van der Waals surface area contributed by atoms with Crippen LogP contribution < -0.4 is 19.6 Å². The first-order valence-corrected chi connectivity index (χ1v) is 10.00. The van der Waals surface area contributed by atoms with Crippen LogP contribution in [0.5, 0.6) is 17.2 Å². The molecule has 1 heterocycles. The van der Waals surface area contributed by atoms with Crippen molar-refractivity contribution >= 4 is 16.9 Å². The van der Waals surface area contributed by atoms with Crippen LogP contribution in [0.1, 0.15) is 21.5 Å². The molecule has 4 rings (SSSR count). The highest BCUT2D eigenvalue weighted by Crippen LogP contribution is 2.34. The molecule has 4 aromatic rings. The molecule has 0 aliphatic rings. The molecule has 6 heteroatoms. The summed E-state index contributed by atoms with van der Waals surface area (Å²) in [5.74, 6) is 0.614. The maximum Gasteiger partial charge on any atom is 0.343 e. The second kappa shape index (κ2) is 8.59. The molecule has 0 aliphatic heterocycles. The predicted molar refractivity (Wildman–Crippen MR) is 122 cm³/mol. The number of hydrogen-bond donors (Lipinski definition) is 0. The topological polar surface area (TPSA) is 75.0 Å². The van der Waals surface area contributed by atoms with E-state index in [0.717, 1.165) is 11.1 Å². The Morgan fingerprint density at radius 2 is 1.44 bits per heavy atom. The minimum Gasteiger partial charge on any atom is -0.497 e. The molecule has 162 valence electrons. The third kappa shape index (κ3) is 3.95. The first kappa shape index (κ1) is 21.2. The molecule has 0 saturated heterocycles. The van der Waals surface area contributed by atoms with Crippen LogP contribution in [0.4, 0.5) is 0 Å². The van der Waals surface area contributed by atoms with E-state index in [1.165, 1.54) is 0 Å². The lowest BCUT2D eigenvalue weighted by Gasteiger charge is -2.13. The molecule has 0 spiro atoms. The van der Waals surface area contributed by atoms with Gasteiger partial charge in [-0.05, 0) is 79.6 Å². The smallest absolute Gasteiger partial charge is 0.343 e. The number of fused-ring (bicyclic) bond motifs is 1. The Hall–Kier alpha value is -4.06. The molecule has 0 atom stereocenters. The Morgan fingerprint density at radius 3 is 2.03 bits per heavy atom. The zero-order valence-corrected chi connectivity index (χ0v) is 18.2. The van der Waals surface area contributed by atoms with Gasteiger partial charge >= 0.3 is 5.97 Å². The summed E-state index contributed by atoms with van der Waals surface area (Å²) in [5.41, 5.74) is 2.64. The van der Waals surface area contributed by atoms with E-state index in [1.807, 2.05) is 19.9 Å². The first-order valence-electron chi connectivity index (χ1n) is 10.00. The Labute approximate surface area is 185 Å². The largest absolute Gasteiger partial charge is 0.497 e. The highest BCUT2D eigenvalue weighted by Gasteiger charge is 2.22. The van der Waals surface area contributed by atoms with Crippen molar-refractivity contribution in [3.05, 3.63) is 87.6 Å². The lowest BCUT2D eigenvalue weighted by Crippen LogP contribution is -2.16. The number of methoxy groups -OCH3 is 2. The van der Waals surface area contributed by atoms with E-state index < -0.39 is 11.4 Å². The fourth-order valence-corrected chi connectivity index (χ4v) is 3.54. The third-order valence-corrected chi connectivity index (χ3v) is 5.15. The van der Waals surface area contributed by atoms with Crippen molar-refractivity contribution < 1.29 is 23.4 Å². The minimum absolute atomic E-state index is 0.159. The van der Waals surface area contributed by atoms with Gasteiger partial charge in [0.25, 0.3) is 0 Å². The Morgan fingerprint density at radius 1 is 0.844 bits per heavy atom. The SMILES string of the molecule is COc1ccc(C(=O)Oc2c(-c3ccc(OC)cc3)oc3c(C)cc(C)cc3c2=O)cc1. The van der Waals surface area contributed by atoms with Gasteiger partial charge in [-0.3, -0.25) is 4.79 Å². The van der Waals surface area contributed by atoms with E-state index in [9.17, 15) is 9.59 Å². The van der Waals surface area contributed by atoms with Crippen molar-refractivity contribution in [2.24, 2.45) is 0 Å². The maximum absolute atomic E-state index is 13.4. The maximum atomic E-state index is 13.4. The van der Waals surface area contributed by atoms with E-state index in [-0.39, 0.29) is 17.1 Å². The van der Waals surface area contributed by atoms with Crippen molar-refractivity contribution in [1.29, 1.82) is 0 Å². The summed E-state index contributed by atoms with van der Waals surface area (Å²) in [4.78, 5) is 26.3. The summed E-state index contributed by atoms with van der Waals surface area (Å²) < 4.78 is 22.1. The zero-order valence-electron chi connectivity index (χ0n) is 18.2. The van der Waals surface area contributed by atoms with Crippen LogP contribution in [0.25, 0.3) is 22.3 Å². The van der Waals surface area contributed by atoms with E-state index in [1.54, 1.807) is 68.8 Å². The van der Waals surface area contributed by atoms with Crippen LogP contribution >= 0.6 is 0 Å². The molecule has 0 saturated carbocycles. The number of benzene rings is 3. The molecular formula is C26H22O6. The van der Waals surface area contributed by atoms with Gasteiger partial charge in [0.1, 0.15) is 17.1 Å². The van der Waals surface area contributed by atoms with Crippen molar-refractivity contribution in [2.75, 3.05) is 14.2 Å². The summed E-state index contributed by atoms with van der Waals surface area (Å²) >= 11 is 0. The monoisotopic (exact) mass is 430 g/mol. The Balaban J connectivity index is 1.88. The summed E-state index contributed by atoms with van der Waals surface area (Å²) in [6.45, 7) is 3.77. The molecule has 0 radical (unpaired) electrons. The number of ether oxygens (including phenoxy) is 3. The van der Waals surface area contributed by atoms with Crippen molar-refractivity contribution in [2.45, 2.75) is 13.8 Å². The van der Waals surface area contributed by atoms with Crippen molar-refractivity contribution in [3.8, 4) is 28.6 Å². The standard InChI is InChI=1S/C26H22O6/c1-15-13-16(2)23-21(14-15)22(27)25(24(31-23)17-5-9-19(29-3)10-6-17)32-26(28)18-7-11-20(30-4)12-8-18/h5-14H,1-4H3. The number of hydrogen-bond acceptors (Lipinski definition) is 6. The minimum atomic E-state index is -0.668. The molecule has 0 amide bonds. The molecule has 6 nitrogen and oxygen atoms in total. The Kier molecular flexibility index (Phi) is 5.69. The van der Waals surface area contributed by atoms with Crippen LogP contribution in [0, 0.1) is 13.8 Å². The average molecular weight is 430 g/mol. The van der Waals surface area contributed by atoms with E-state index in [0.29, 0.717) is 28.0 Å². The van der Waals surface area contributed by atoms with Gasteiger partial charge in [-0.15, -0.1) is 0 Å². The molecule has 0 N–H and O–H groups in total. The molecule has 0 fully saturated rings. The number of aryl methyl sites for hydroxylation is 2. The van der Waals surface area contributed by atoms with Crippen LogP contribution in [-0.4, -0.2) is 20.2 Å². The number of rotatable bonds is 5. The van der Waals surface area contributed by atoms with Gasteiger partial charge in [0, 0.05) is 5.56 Å². The number of carbonyl (C=O) groups excluding carboxylic acids is 1. The Bertz CT molecular complexity index is 1350. The molecule has 1 aromatic heterocycles. The van der Waals surface area contributed by atoms with E-state index >= 15 is 0 Å².